The molecule has 1 fully saturated rings. The quantitative estimate of drug-likeness (QED) is 0.814. The van der Waals surface area contributed by atoms with Crippen LogP contribution < -0.4 is 0 Å². The number of nitriles is 1. The second-order valence-corrected chi connectivity index (χ2v) is 6.66. The predicted molar refractivity (Wildman–Crippen MR) is 87.4 cm³/mol. The summed E-state index contributed by atoms with van der Waals surface area (Å²) in [6.07, 6.45) is 1.41. The maximum atomic E-state index is 12.5. The highest BCUT2D eigenvalue weighted by Gasteiger charge is 2.29. The first kappa shape index (κ1) is 16.1. The van der Waals surface area contributed by atoms with Gasteiger partial charge in [-0.25, -0.2) is 4.98 Å². The zero-order valence-electron chi connectivity index (χ0n) is 12.9. The number of aromatic nitrogens is 1. The average molecular weight is 330 g/mol. The molecule has 0 saturated carbocycles. The second kappa shape index (κ2) is 7.18. The van der Waals surface area contributed by atoms with Crippen LogP contribution in [0.2, 0.25) is 0 Å². The van der Waals surface area contributed by atoms with E-state index in [0.717, 1.165) is 29.7 Å². The Morgan fingerprint density at radius 3 is 3.09 bits per heavy atom. The highest BCUT2D eigenvalue weighted by atomic mass is 32.1. The van der Waals surface area contributed by atoms with Gasteiger partial charge in [0.25, 0.3) is 0 Å². The summed E-state index contributed by atoms with van der Waals surface area (Å²) in [5.41, 5.74) is 0.813. The summed E-state index contributed by atoms with van der Waals surface area (Å²) in [7, 11) is 0. The maximum Gasteiger partial charge on any atom is 0.185 e. The molecule has 1 aliphatic heterocycles. The summed E-state index contributed by atoms with van der Waals surface area (Å²) in [5.74, 6) is -1.13. The Hall–Kier alpha value is -1.81. The van der Waals surface area contributed by atoms with Crippen LogP contribution in [0.25, 0.3) is 10.2 Å². The van der Waals surface area contributed by atoms with Gasteiger partial charge in [-0.15, -0.1) is 11.3 Å². The van der Waals surface area contributed by atoms with Crippen LogP contribution in [0.1, 0.15) is 30.7 Å². The van der Waals surface area contributed by atoms with Crippen molar-refractivity contribution in [3.05, 3.63) is 29.3 Å². The molecular formula is C17H18N2O3S. The third-order valence-corrected chi connectivity index (χ3v) is 5.03. The fourth-order valence-corrected chi connectivity index (χ4v) is 3.62. The molecule has 1 aromatic heterocycles. The van der Waals surface area contributed by atoms with E-state index in [1.165, 1.54) is 11.3 Å². The molecule has 2 aromatic rings. The molecule has 1 saturated heterocycles. The monoisotopic (exact) mass is 330 g/mol. The normalized spacial score (nSPS) is 20.3. The minimum atomic E-state index is -0.883. The van der Waals surface area contributed by atoms with Crippen molar-refractivity contribution in [2.45, 2.75) is 37.9 Å². The molecule has 0 spiro atoms. The van der Waals surface area contributed by atoms with Crippen molar-refractivity contribution in [1.29, 1.82) is 5.26 Å². The molecule has 3 atom stereocenters. The minimum Gasteiger partial charge on any atom is -0.376 e. The molecule has 120 valence electrons. The molecule has 2 heterocycles. The van der Waals surface area contributed by atoms with Crippen LogP contribution in [0.15, 0.2) is 24.3 Å². The highest BCUT2D eigenvalue weighted by Crippen LogP contribution is 2.28. The lowest BCUT2D eigenvalue weighted by atomic mass is 10.0. The number of nitrogens with zero attached hydrogens (tertiary/aromatic N) is 2. The maximum absolute atomic E-state index is 12.5. The topological polar surface area (TPSA) is 72.2 Å². The van der Waals surface area contributed by atoms with Gasteiger partial charge in [-0.3, -0.25) is 4.79 Å². The van der Waals surface area contributed by atoms with Gasteiger partial charge in [0, 0.05) is 6.61 Å². The highest BCUT2D eigenvalue weighted by molar-refractivity contribution is 7.18. The molecule has 1 aromatic carbocycles. The summed E-state index contributed by atoms with van der Waals surface area (Å²) in [5, 5.41) is 9.95. The van der Waals surface area contributed by atoms with Gasteiger partial charge < -0.3 is 9.47 Å². The third kappa shape index (κ3) is 3.58. The molecule has 0 amide bonds. The lowest BCUT2D eigenvalue weighted by molar-refractivity contribution is -0.131. The number of para-hydroxylation sites is 1. The minimum absolute atomic E-state index is 0.0632. The summed E-state index contributed by atoms with van der Waals surface area (Å²) in [4.78, 5) is 17.0. The SMILES string of the molecule is C[C@H](OC[C@@H]1CCCO1)C(=O)[C@@H](C#N)c1nc2ccccc2s1. The molecule has 1 aliphatic rings. The summed E-state index contributed by atoms with van der Waals surface area (Å²) >= 11 is 1.38. The molecular weight excluding hydrogens is 312 g/mol. The number of carbonyl (C=O) groups is 1. The lowest BCUT2D eigenvalue weighted by Crippen LogP contribution is -2.29. The fraction of sp³-hybridized carbons (Fsp3) is 0.471. The number of ether oxygens (including phenoxy) is 2. The Morgan fingerprint density at radius 1 is 1.57 bits per heavy atom. The number of carbonyl (C=O) groups excluding carboxylic acids is 1. The number of Topliss-reactive ketones (excluding diaryl/α,β-unsaturated/α-hetero) is 1. The number of rotatable bonds is 6. The molecule has 3 rings (SSSR count). The predicted octanol–water partition coefficient (Wildman–Crippen LogP) is 3.06. The van der Waals surface area contributed by atoms with E-state index in [-0.39, 0.29) is 11.9 Å². The van der Waals surface area contributed by atoms with Gasteiger partial charge in [0.15, 0.2) is 11.7 Å². The van der Waals surface area contributed by atoms with Crippen molar-refractivity contribution in [3.8, 4) is 6.07 Å². The number of benzene rings is 1. The Balaban J connectivity index is 1.69. The van der Waals surface area contributed by atoms with Gasteiger partial charge in [-0.1, -0.05) is 12.1 Å². The van der Waals surface area contributed by atoms with Crippen molar-refractivity contribution >= 4 is 27.3 Å². The number of hydrogen-bond acceptors (Lipinski definition) is 6. The lowest BCUT2D eigenvalue weighted by Gasteiger charge is -2.16. The van der Waals surface area contributed by atoms with E-state index in [1.54, 1.807) is 6.92 Å². The number of ketones is 1. The van der Waals surface area contributed by atoms with Crippen molar-refractivity contribution in [2.75, 3.05) is 13.2 Å². The first-order valence-corrected chi connectivity index (χ1v) is 8.52. The first-order chi connectivity index (χ1) is 11.2. The Labute approximate surface area is 138 Å². The van der Waals surface area contributed by atoms with Gasteiger partial charge in [-0.2, -0.15) is 5.26 Å². The molecule has 0 bridgehead atoms. The van der Waals surface area contributed by atoms with E-state index in [2.05, 4.69) is 11.1 Å². The molecule has 0 radical (unpaired) electrons. The van der Waals surface area contributed by atoms with E-state index < -0.39 is 12.0 Å². The molecule has 23 heavy (non-hydrogen) atoms. The van der Waals surface area contributed by atoms with Gasteiger partial charge in [-0.05, 0) is 31.9 Å². The number of fused-ring (bicyclic) bond motifs is 1. The van der Waals surface area contributed by atoms with E-state index in [1.807, 2.05) is 24.3 Å². The molecule has 0 aliphatic carbocycles. The van der Waals surface area contributed by atoms with Gasteiger partial charge in [0.1, 0.15) is 11.1 Å². The first-order valence-electron chi connectivity index (χ1n) is 7.71. The summed E-state index contributed by atoms with van der Waals surface area (Å²) in [6.45, 7) is 2.84. The summed E-state index contributed by atoms with van der Waals surface area (Å²) < 4.78 is 12.1. The van der Waals surface area contributed by atoms with Crippen LogP contribution in [0.3, 0.4) is 0 Å². The van der Waals surface area contributed by atoms with Gasteiger partial charge >= 0.3 is 0 Å². The van der Waals surface area contributed by atoms with E-state index in [4.69, 9.17) is 9.47 Å². The van der Waals surface area contributed by atoms with Crippen LogP contribution in [0.4, 0.5) is 0 Å². The van der Waals surface area contributed by atoms with Gasteiger partial charge in [0.2, 0.25) is 0 Å². The van der Waals surface area contributed by atoms with E-state index in [0.29, 0.717) is 11.6 Å². The average Bonchev–Trinajstić information content (AvgIpc) is 3.22. The second-order valence-electron chi connectivity index (χ2n) is 5.59. The zero-order valence-corrected chi connectivity index (χ0v) is 13.7. The van der Waals surface area contributed by atoms with Crippen molar-refractivity contribution in [2.24, 2.45) is 0 Å². The number of thiazole rings is 1. The zero-order chi connectivity index (χ0) is 16.2. The summed E-state index contributed by atoms with van der Waals surface area (Å²) in [6, 6.07) is 9.70. The van der Waals surface area contributed by atoms with Gasteiger partial charge in [0.05, 0.1) is 29.0 Å². The largest absolute Gasteiger partial charge is 0.376 e. The standard InChI is InChI=1S/C17H18N2O3S/c1-11(22-10-12-5-4-8-21-12)16(20)13(9-18)17-19-14-6-2-3-7-15(14)23-17/h2-3,6-7,11-13H,4-5,8,10H2,1H3/t11-,12-,13+/m0/s1. The fourth-order valence-electron chi connectivity index (χ4n) is 2.60. The van der Waals surface area contributed by atoms with Crippen LogP contribution in [0, 0.1) is 11.3 Å². The molecule has 0 N–H and O–H groups in total. The Morgan fingerprint density at radius 2 is 2.39 bits per heavy atom. The number of hydrogen-bond donors (Lipinski definition) is 0. The van der Waals surface area contributed by atoms with Crippen molar-refractivity contribution < 1.29 is 14.3 Å². The van der Waals surface area contributed by atoms with E-state index in [9.17, 15) is 10.1 Å². The molecule has 0 unspecified atom stereocenters. The Kier molecular flexibility index (Phi) is 5.01. The smallest absolute Gasteiger partial charge is 0.185 e. The Bertz CT molecular complexity index is 698. The van der Waals surface area contributed by atoms with Crippen LogP contribution >= 0.6 is 11.3 Å². The van der Waals surface area contributed by atoms with Crippen LogP contribution in [-0.2, 0) is 14.3 Å². The van der Waals surface area contributed by atoms with Crippen LogP contribution in [0.5, 0.6) is 0 Å². The van der Waals surface area contributed by atoms with E-state index >= 15 is 0 Å². The van der Waals surface area contributed by atoms with Crippen molar-refractivity contribution in [3.63, 3.8) is 0 Å². The molecule has 5 nitrogen and oxygen atoms in total. The van der Waals surface area contributed by atoms with Crippen LogP contribution in [-0.4, -0.2) is 36.2 Å². The van der Waals surface area contributed by atoms with Crippen molar-refractivity contribution in [1.82, 2.24) is 4.98 Å². The third-order valence-electron chi connectivity index (χ3n) is 3.93. The molecule has 6 heteroatoms.